The number of phenolic OH excluding ortho intramolecular Hbond substituents is 2. The molecule has 0 aliphatic carbocycles. The summed E-state index contributed by atoms with van der Waals surface area (Å²) in [5, 5.41) is 18.4. The minimum Gasteiger partial charge on any atom is -0.508 e. The molecular formula is C18H20O2W. The van der Waals surface area contributed by atoms with Crippen LogP contribution in [0.15, 0.2) is 73.8 Å². The Hall–Kier alpha value is -1.79. The van der Waals surface area contributed by atoms with E-state index in [0.717, 1.165) is 24.0 Å². The molecule has 0 aliphatic rings. The van der Waals surface area contributed by atoms with Gasteiger partial charge in [0, 0.05) is 21.1 Å². The molecule has 0 saturated heterocycles. The minimum atomic E-state index is 0. The molecule has 0 aliphatic heterocycles. The number of allylic oxidation sites excluding steroid dienone is 2. The van der Waals surface area contributed by atoms with E-state index < -0.39 is 0 Å². The monoisotopic (exact) mass is 452 g/mol. The Labute approximate surface area is 140 Å². The van der Waals surface area contributed by atoms with Gasteiger partial charge in [0.15, 0.2) is 0 Å². The molecule has 0 unspecified atom stereocenters. The van der Waals surface area contributed by atoms with E-state index in [1.165, 1.54) is 0 Å². The molecule has 2 aromatic carbocycles. The van der Waals surface area contributed by atoms with Gasteiger partial charge in [-0.1, -0.05) is 48.6 Å². The fraction of sp³-hybridized carbons (Fsp3) is 0.111. The van der Waals surface area contributed by atoms with Gasteiger partial charge in [-0.15, -0.1) is 13.2 Å². The summed E-state index contributed by atoms with van der Waals surface area (Å²) in [5.74, 6) is 0.699. The SMILES string of the molecule is C=CCc1ccccc1O.C=CCc1ccccc1O.[W]. The van der Waals surface area contributed by atoms with Crippen LogP contribution in [0.5, 0.6) is 11.5 Å². The van der Waals surface area contributed by atoms with Crippen LogP contribution in [0, 0.1) is 0 Å². The molecule has 0 bridgehead atoms. The molecular weight excluding hydrogens is 432 g/mol. The van der Waals surface area contributed by atoms with E-state index in [1.54, 1.807) is 24.3 Å². The molecule has 21 heavy (non-hydrogen) atoms. The first kappa shape index (κ1) is 19.2. The maximum Gasteiger partial charge on any atom is 0.119 e. The van der Waals surface area contributed by atoms with Crippen molar-refractivity contribution in [2.45, 2.75) is 12.8 Å². The van der Waals surface area contributed by atoms with Crippen molar-refractivity contribution in [1.82, 2.24) is 0 Å². The topological polar surface area (TPSA) is 40.5 Å². The summed E-state index contributed by atoms with van der Waals surface area (Å²) in [7, 11) is 0. The van der Waals surface area contributed by atoms with E-state index in [-0.39, 0.29) is 21.1 Å². The average molecular weight is 452 g/mol. The van der Waals surface area contributed by atoms with Crippen molar-refractivity contribution in [3.05, 3.63) is 85.0 Å². The van der Waals surface area contributed by atoms with Gasteiger partial charge < -0.3 is 10.2 Å². The van der Waals surface area contributed by atoms with Gasteiger partial charge in [-0.3, -0.25) is 0 Å². The number of benzene rings is 2. The van der Waals surface area contributed by atoms with Crippen LogP contribution in [0.2, 0.25) is 0 Å². The molecule has 0 spiro atoms. The summed E-state index contributed by atoms with van der Waals surface area (Å²) in [5.41, 5.74) is 1.86. The van der Waals surface area contributed by atoms with Crippen molar-refractivity contribution < 1.29 is 31.3 Å². The molecule has 110 valence electrons. The molecule has 0 saturated carbocycles. The minimum absolute atomic E-state index is 0. The third-order valence-electron chi connectivity index (χ3n) is 2.71. The third-order valence-corrected chi connectivity index (χ3v) is 2.71. The summed E-state index contributed by atoms with van der Waals surface area (Å²) < 4.78 is 0. The smallest absolute Gasteiger partial charge is 0.119 e. The predicted molar refractivity (Wildman–Crippen MR) is 84.0 cm³/mol. The normalized spacial score (nSPS) is 8.76. The molecule has 0 amide bonds. The van der Waals surface area contributed by atoms with Crippen molar-refractivity contribution in [3.63, 3.8) is 0 Å². The fourth-order valence-electron chi connectivity index (χ4n) is 1.68. The molecule has 0 atom stereocenters. The maximum absolute atomic E-state index is 9.19. The summed E-state index contributed by atoms with van der Waals surface area (Å²) in [4.78, 5) is 0. The van der Waals surface area contributed by atoms with Crippen molar-refractivity contribution in [2.75, 3.05) is 0 Å². The molecule has 2 N–H and O–H groups in total. The van der Waals surface area contributed by atoms with Crippen LogP contribution < -0.4 is 0 Å². The van der Waals surface area contributed by atoms with Crippen molar-refractivity contribution in [3.8, 4) is 11.5 Å². The zero-order chi connectivity index (χ0) is 14.8. The average Bonchev–Trinajstić information content (AvgIpc) is 2.45. The van der Waals surface area contributed by atoms with Gasteiger partial charge in [0.05, 0.1) is 0 Å². The van der Waals surface area contributed by atoms with Crippen molar-refractivity contribution >= 4 is 0 Å². The zero-order valence-corrected chi connectivity index (χ0v) is 14.8. The second kappa shape index (κ2) is 10.9. The molecule has 2 rings (SSSR count). The van der Waals surface area contributed by atoms with Crippen LogP contribution in [-0.2, 0) is 33.9 Å². The number of aromatic hydroxyl groups is 2. The van der Waals surface area contributed by atoms with Crippen LogP contribution in [0.3, 0.4) is 0 Å². The van der Waals surface area contributed by atoms with Crippen LogP contribution in [-0.4, -0.2) is 10.2 Å². The van der Waals surface area contributed by atoms with Gasteiger partial charge >= 0.3 is 0 Å². The summed E-state index contributed by atoms with van der Waals surface area (Å²) in [6.07, 6.45) is 5.00. The van der Waals surface area contributed by atoms with Gasteiger partial charge in [-0.2, -0.15) is 0 Å². The Kier molecular flexibility index (Phi) is 10.00. The van der Waals surface area contributed by atoms with Crippen LogP contribution in [0.25, 0.3) is 0 Å². The fourth-order valence-corrected chi connectivity index (χ4v) is 1.68. The Morgan fingerprint density at radius 1 is 0.714 bits per heavy atom. The van der Waals surface area contributed by atoms with Crippen LogP contribution >= 0.6 is 0 Å². The van der Waals surface area contributed by atoms with Crippen molar-refractivity contribution in [1.29, 1.82) is 0 Å². The maximum atomic E-state index is 9.19. The second-order valence-corrected chi connectivity index (χ2v) is 4.24. The first-order valence-corrected chi connectivity index (χ1v) is 6.44. The van der Waals surface area contributed by atoms with E-state index in [2.05, 4.69) is 13.2 Å². The van der Waals surface area contributed by atoms with E-state index >= 15 is 0 Å². The molecule has 0 aromatic heterocycles. The quantitative estimate of drug-likeness (QED) is 0.682. The van der Waals surface area contributed by atoms with Gasteiger partial charge in [0.1, 0.15) is 11.5 Å². The Morgan fingerprint density at radius 2 is 1.05 bits per heavy atom. The first-order valence-electron chi connectivity index (χ1n) is 6.44. The van der Waals surface area contributed by atoms with Gasteiger partial charge in [-0.25, -0.2) is 0 Å². The van der Waals surface area contributed by atoms with E-state index in [4.69, 9.17) is 0 Å². The number of para-hydroxylation sites is 2. The number of rotatable bonds is 4. The Bertz CT molecular complexity index is 513. The Morgan fingerprint density at radius 3 is 1.33 bits per heavy atom. The standard InChI is InChI=1S/2C9H10O.W/c2*1-2-5-8-6-3-4-7-9(8)10;/h2*2-4,6-7,10H,1,5H2;. The third kappa shape index (κ3) is 6.96. The number of phenols is 2. The Balaban J connectivity index is 0.000000364. The molecule has 0 radical (unpaired) electrons. The second-order valence-electron chi connectivity index (χ2n) is 4.24. The van der Waals surface area contributed by atoms with Gasteiger partial charge in [0.2, 0.25) is 0 Å². The van der Waals surface area contributed by atoms with Crippen LogP contribution in [0.4, 0.5) is 0 Å². The van der Waals surface area contributed by atoms with E-state index in [0.29, 0.717) is 11.5 Å². The molecule has 2 nitrogen and oxygen atoms in total. The van der Waals surface area contributed by atoms with Crippen molar-refractivity contribution in [2.24, 2.45) is 0 Å². The van der Waals surface area contributed by atoms with E-state index in [1.807, 2.05) is 36.4 Å². The molecule has 3 heteroatoms. The molecule has 0 fully saturated rings. The summed E-state index contributed by atoms with van der Waals surface area (Å²) in [6.45, 7) is 7.17. The molecule has 2 aromatic rings. The number of hydrogen-bond acceptors (Lipinski definition) is 2. The molecule has 0 heterocycles. The summed E-state index contributed by atoms with van der Waals surface area (Å²) in [6, 6.07) is 14.5. The predicted octanol–water partition coefficient (Wildman–Crippen LogP) is 4.24. The van der Waals surface area contributed by atoms with E-state index in [9.17, 15) is 10.2 Å². The first-order chi connectivity index (χ1) is 9.69. The zero-order valence-electron chi connectivity index (χ0n) is 11.9. The largest absolute Gasteiger partial charge is 0.508 e. The summed E-state index contributed by atoms with van der Waals surface area (Å²) >= 11 is 0. The van der Waals surface area contributed by atoms with Gasteiger partial charge in [0.25, 0.3) is 0 Å². The van der Waals surface area contributed by atoms with Gasteiger partial charge in [-0.05, 0) is 36.1 Å². The number of hydrogen-bond donors (Lipinski definition) is 2. The van der Waals surface area contributed by atoms with Crippen LogP contribution in [0.1, 0.15) is 11.1 Å².